The average molecular weight is 329 g/mol. The minimum absolute atomic E-state index is 0.102. The predicted octanol–water partition coefficient (Wildman–Crippen LogP) is 4.39. The van der Waals surface area contributed by atoms with Crippen LogP contribution in [0.5, 0.6) is 0 Å². The summed E-state index contributed by atoms with van der Waals surface area (Å²) in [6.07, 6.45) is -0.483. The van der Waals surface area contributed by atoms with Gasteiger partial charge in [0, 0.05) is 25.0 Å². The quantitative estimate of drug-likeness (QED) is 0.750. The smallest absolute Gasteiger partial charge is 0.0951 e. The van der Waals surface area contributed by atoms with Gasteiger partial charge in [0.25, 0.3) is 0 Å². The second-order valence-corrected chi connectivity index (χ2v) is 6.78. The van der Waals surface area contributed by atoms with Gasteiger partial charge in [-0.1, -0.05) is 91.0 Å². The zero-order valence-electron chi connectivity index (χ0n) is 14.2. The molecule has 0 aromatic heterocycles. The van der Waals surface area contributed by atoms with Gasteiger partial charge in [0.1, 0.15) is 0 Å². The van der Waals surface area contributed by atoms with Crippen LogP contribution in [0.15, 0.2) is 91.0 Å². The van der Waals surface area contributed by atoms with Gasteiger partial charge in [0.2, 0.25) is 0 Å². The molecule has 25 heavy (non-hydrogen) atoms. The first kappa shape index (κ1) is 16.1. The SMILES string of the molecule is O[C@@H](c1ccccc1)[C@H]1[C@@H](c2ccccc2)CN1Cc1ccccc1. The summed E-state index contributed by atoms with van der Waals surface area (Å²) in [5.74, 6) is 0.361. The standard InChI is InChI=1S/C23H23NO/c25-23(20-14-8-3-9-15-20)22-21(19-12-6-2-7-13-19)17-24(22)16-18-10-4-1-5-11-18/h1-15,21-23,25H,16-17H2/t21-,22-,23+/m1/s1. The van der Waals surface area contributed by atoms with Crippen LogP contribution >= 0.6 is 0 Å². The minimum Gasteiger partial charge on any atom is -0.387 e. The van der Waals surface area contributed by atoms with Crippen molar-refractivity contribution in [3.63, 3.8) is 0 Å². The Labute approximate surface area is 149 Å². The average Bonchev–Trinajstić information content (AvgIpc) is 2.67. The molecule has 2 nitrogen and oxygen atoms in total. The number of hydrogen-bond donors (Lipinski definition) is 1. The van der Waals surface area contributed by atoms with E-state index in [1.54, 1.807) is 0 Å². The lowest BCUT2D eigenvalue weighted by Crippen LogP contribution is -2.56. The number of aliphatic hydroxyl groups is 1. The fourth-order valence-corrected chi connectivity index (χ4v) is 3.86. The van der Waals surface area contributed by atoms with Crippen LogP contribution in [0.4, 0.5) is 0 Å². The van der Waals surface area contributed by atoms with Crippen molar-refractivity contribution in [2.45, 2.75) is 24.6 Å². The van der Waals surface area contributed by atoms with E-state index >= 15 is 0 Å². The molecule has 0 unspecified atom stereocenters. The summed E-state index contributed by atoms with van der Waals surface area (Å²) in [7, 11) is 0. The van der Waals surface area contributed by atoms with Crippen LogP contribution in [-0.2, 0) is 6.54 Å². The van der Waals surface area contributed by atoms with E-state index in [9.17, 15) is 5.11 Å². The summed E-state index contributed by atoms with van der Waals surface area (Å²) in [6, 6.07) is 31.2. The van der Waals surface area contributed by atoms with Crippen molar-refractivity contribution in [2.75, 3.05) is 6.54 Å². The van der Waals surface area contributed by atoms with Gasteiger partial charge in [-0.3, -0.25) is 4.90 Å². The molecule has 1 saturated heterocycles. The van der Waals surface area contributed by atoms with E-state index in [-0.39, 0.29) is 6.04 Å². The molecule has 126 valence electrons. The maximum Gasteiger partial charge on any atom is 0.0951 e. The molecule has 3 atom stereocenters. The fourth-order valence-electron chi connectivity index (χ4n) is 3.86. The van der Waals surface area contributed by atoms with Crippen molar-refractivity contribution in [1.29, 1.82) is 0 Å². The van der Waals surface area contributed by atoms with Gasteiger partial charge in [-0.05, 0) is 16.7 Å². The number of nitrogens with zero attached hydrogens (tertiary/aromatic N) is 1. The Morgan fingerprint density at radius 1 is 0.800 bits per heavy atom. The van der Waals surface area contributed by atoms with E-state index in [1.165, 1.54) is 11.1 Å². The molecule has 0 saturated carbocycles. The second kappa shape index (κ2) is 7.22. The Bertz CT molecular complexity index is 747. The van der Waals surface area contributed by atoms with E-state index in [1.807, 2.05) is 42.5 Å². The first-order valence-electron chi connectivity index (χ1n) is 8.89. The molecule has 2 heteroatoms. The largest absolute Gasteiger partial charge is 0.387 e. The van der Waals surface area contributed by atoms with Crippen molar-refractivity contribution in [1.82, 2.24) is 4.90 Å². The zero-order chi connectivity index (χ0) is 17.1. The molecular weight excluding hydrogens is 306 g/mol. The van der Waals surface area contributed by atoms with Crippen molar-refractivity contribution in [2.24, 2.45) is 0 Å². The summed E-state index contributed by atoms with van der Waals surface area (Å²) < 4.78 is 0. The molecule has 3 aromatic rings. The van der Waals surface area contributed by atoms with Gasteiger partial charge in [0.15, 0.2) is 0 Å². The second-order valence-electron chi connectivity index (χ2n) is 6.78. The van der Waals surface area contributed by atoms with Gasteiger partial charge in [-0.15, -0.1) is 0 Å². The van der Waals surface area contributed by atoms with E-state index in [0.29, 0.717) is 5.92 Å². The number of rotatable bonds is 5. The van der Waals surface area contributed by atoms with Crippen LogP contribution in [0.2, 0.25) is 0 Å². The molecule has 1 aliphatic heterocycles. The number of benzene rings is 3. The van der Waals surface area contributed by atoms with Crippen LogP contribution < -0.4 is 0 Å². The summed E-state index contributed by atoms with van der Waals surface area (Å²) in [5.41, 5.74) is 3.59. The van der Waals surface area contributed by atoms with E-state index in [4.69, 9.17) is 0 Å². The van der Waals surface area contributed by atoms with Crippen LogP contribution in [0, 0.1) is 0 Å². The minimum atomic E-state index is -0.483. The van der Waals surface area contributed by atoms with Crippen molar-refractivity contribution in [3.8, 4) is 0 Å². The topological polar surface area (TPSA) is 23.5 Å². The normalized spacial score (nSPS) is 21.5. The summed E-state index contributed by atoms with van der Waals surface area (Å²) in [4.78, 5) is 2.39. The Morgan fingerprint density at radius 3 is 2.00 bits per heavy atom. The van der Waals surface area contributed by atoms with Crippen LogP contribution in [0.1, 0.15) is 28.7 Å². The molecule has 4 rings (SSSR count). The molecule has 0 radical (unpaired) electrons. The van der Waals surface area contributed by atoms with Crippen LogP contribution in [0.25, 0.3) is 0 Å². The highest BCUT2D eigenvalue weighted by molar-refractivity contribution is 5.30. The molecular formula is C23H23NO. The van der Waals surface area contributed by atoms with Gasteiger partial charge >= 0.3 is 0 Å². The number of aliphatic hydroxyl groups excluding tert-OH is 1. The Kier molecular flexibility index (Phi) is 4.64. The molecule has 3 aromatic carbocycles. The third kappa shape index (κ3) is 3.37. The van der Waals surface area contributed by atoms with E-state index < -0.39 is 6.10 Å². The maximum absolute atomic E-state index is 11.1. The lowest BCUT2D eigenvalue weighted by molar-refractivity contribution is -0.0416. The van der Waals surface area contributed by atoms with E-state index in [0.717, 1.165) is 18.7 Å². The fraction of sp³-hybridized carbons (Fsp3) is 0.217. The van der Waals surface area contributed by atoms with Crippen molar-refractivity contribution >= 4 is 0 Å². The third-order valence-electron chi connectivity index (χ3n) is 5.19. The summed E-state index contributed by atoms with van der Waals surface area (Å²) in [5, 5.41) is 11.1. The molecule has 0 aliphatic carbocycles. The monoisotopic (exact) mass is 329 g/mol. The van der Waals surface area contributed by atoms with E-state index in [2.05, 4.69) is 53.4 Å². The van der Waals surface area contributed by atoms with Crippen molar-refractivity contribution in [3.05, 3.63) is 108 Å². The molecule has 1 heterocycles. The molecule has 1 aliphatic rings. The number of hydrogen-bond acceptors (Lipinski definition) is 2. The Morgan fingerprint density at radius 2 is 1.36 bits per heavy atom. The lowest BCUT2D eigenvalue weighted by Gasteiger charge is -2.51. The Balaban J connectivity index is 1.60. The summed E-state index contributed by atoms with van der Waals surface area (Å²) >= 11 is 0. The maximum atomic E-state index is 11.1. The highest BCUT2D eigenvalue weighted by Gasteiger charge is 2.44. The third-order valence-corrected chi connectivity index (χ3v) is 5.19. The molecule has 0 amide bonds. The van der Waals surface area contributed by atoms with Crippen LogP contribution in [-0.4, -0.2) is 22.6 Å². The highest BCUT2D eigenvalue weighted by Crippen LogP contribution is 2.42. The first-order chi connectivity index (χ1) is 12.3. The summed E-state index contributed by atoms with van der Waals surface area (Å²) in [6.45, 7) is 1.85. The number of likely N-dealkylation sites (tertiary alicyclic amines) is 1. The lowest BCUT2D eigenvalue weighted by atomic mass is 9.77. The van der Waals surface area contributed by atoms with Gasteiger partial charge < -0.3 is 5.11 Å². The molecule has 0 spiro atoms. The first-order valence-corrected chi connectivity index (χ1v) is 8.89. The zero-order valence-corrected chi connectivity index (χ0v) is 14.2. The molecule has 1 N–H and O–H groups in total. The Hall–Kier alpha value is -2.42. The molecule has 0 bridgehead atoms. The highest BCUT2D eigenvalue weighted by atomic mass is 16.3. The van der Waals surface area contributed by atoms with Gasteiger partial charge in [-0.25, -0.2) is 0 Å². The van der Waals surface area contributed by atoms with Crippen molar-refractivity contribution < 1.29 is 5.11 Å². The van der Waals surface area contributed by atoms with Crippen LogP contribution in [0.3, 0.4) is 0 Å². The van der Waals surface area contributed by atoms with Gasteiger partial charge in [-0.2, -0.15) is 0 Å². The van der Waals surface area contributed by atoms with Gasteiger partial charge in [0.05, 0.1) is 6.10 Å². The predicted molar refractivity (Wildman–Crippen MR) is 101 cm³/mol. The molecule has 1 fully saturated rings.